The minimum Gasteiger partial charge on any atom is -0.394 e. The second-order valence-electron chi connectivity index (χ2n) is 23.3. The topological polar surface area (TPSA) is 278 Å². The van der Waals surface area contributed by atoms with Crippen LogP contribution in [0, 0.1) is 54.9 Å². The Morgan fingerprint density at radius 2 is 0.870 bits per heavy atom. The Hall–Kier alpha value is 2.24. The van der Waals surface area contributed by atoms with Crippen molar-refractivity contribution < 1.29 is 182 Å². The molecule has 0 bridgehead atoms. The molecule has 7 aliphatic heterocycles. The number of hydrogen-bond acceptors (Lipinski definition) is 19. The zero-order valence-electron chi connectivity index (χ0n) is 64.9. The van der Waals surface area contributed by atoms with E-state index in [4.69, 9.17) is 132 Å². The summed E-state index contributed by atoms with van der Waals surface area (Å²) in [4.78, 5) is 28.6. The number of carbonyl (C=O) groups excluding carboxylic acids is 1. The number of nitrogens with one attached hydrogen (secondary N) is 1. The quantitative estimate of drug-likeness (QED) is 0.0358. The summed E-state index contributed by atoms with van der Waals surface area (Å²) >= 11 is 10.1. The molecule has 12 unspecified atom stereocenters. The maximum atomic E-state index is 15.5. The summed E-state index contributed by atoms with van der Waals surface area (Å²) in [5.74, 6) is 0.238. The molecule has 1 amide bonds. The van der Waals surface area contributed by atoms with Gasteiger partial charge in [0.25, 0.3) is 5.91 Å². The third-order valence-corrected chi connectivity index (χ3v) is 18.0. The molecule has 640 valence electrons. The van der Waals surface area contributed by atoms with Gasteiger partial charge < -0.3 is 120 Å². The van der Waals surface area contributed by atoms with Crippen LogP contribution in [0.5, 0.6) is 0 Å². The molecule has 21 nitrogen and oxygen atoms in total. The van der Waals surface area contributed by atoms with Crippen LogP contribution in [0.2, 0.25) is 0 Å². The number of nitrogens with zero attached hydrogens (tertiary/aromatic N) is 2. The van der Waals surface area contributed by atoms with E-state index < -0.39 is 128 Å². The van der Waals surface area contributed by atoms with Crippen LogP contribution in [0.3, 0.4) is 0 Å². The number of rotatable bonds is 16. The molecule has 7 aliphatic rings. The van der Waals surface area contributed by atoms with E-state index in [1.54, 1.807) is 44.2 Å². The van der Waals surface area contributed by atoms with E-state index in [0.717, 1.165) is 17.4 Å². The molecule has 7 fully saturated rings. The van der Waals surface area contributed by atoms with Gasteiger partial charge in [0, 0.05) is 174 Å². The van der Waals surface area contributed by atoms with Gasteiger partial charge in [0.05, 0.1) is 68.1 Å². The summed E-state index contributed by atoms with van der Waals surface area (Å²) in [6.45, 7) is 26.0. The Balaban J connectivity index is -0.000000131. The second-order valence-corrected chi connectivity index (χ2v) is 28.3. The molecule has 33 atom stereocenters. The van der Waals surface area contributed by atoms with Gasteiger partial charge in [-0.1, -0.05) is 73.6 Å². The fraction of sp³-hybridized carbons (Fsp3) is 0.754. The van der Waals surface area contributed by atoms with Gasteiger partial charge in [0.2, 0.25) is 0 Å². The van der Waals surface area contributed by atoms with Crippen molar-refractivity contribution in [3.63, 3.8) is 0 Å². The van der Waals surface area contributed by atoms with Crippen LogP contribution in [-0.4, -0.2) is 285 Å². The van der Waals surface area contributed by atoms with Gasteiger partial charge in [0.15, 0.2) is 30.4 Å². The standard InChI is InChI=1S/C19H23FN3O4P.C8H16BO2P.C7H13BFO2P.C7H13BO2.C6H10BFO2.C6H11BO3.C5H8BFO3.2CH4ClP.5CH3.5Ni/c1-4-13-15(27-28-3)19(2,20)17(26-13)23-11-10-14(22-18(23)25)21-16(24)12-8-6-5-7-9-12;1-4-6-5(2)7(11-12-3)8(9)10-6;1-3-4-5(9)6(11-12-2)7(8)10-4;1-3-5-4(2)6(9)7(8)10-5;1-2-3-4(8)5(9)6(7)10-3;1-3-4(2-8)10-6(7)5(3)9;6-5-4(9)3(7)2(1-8)10-5;2*1-3-2;;;;;;;;;;/h5-11,13,15,17,28H,4H2,1-3H3,(H,21,22,24,25);5-8,12H,4H2,1-3H3;4-7,12H,3H2,1-2H3;4-7,9H,3H2,1-2H3;3-6,9H,2H2,1H3;3-6,8-9H,2H2,1H3;2-5,8-9H,1H2;2*3H,1H3;5*1H3;;;;;/q;;;;;;;;;5*-1;;;;;/t13-,15+,17-,19?;5-,6+,7?,8+;4-,5+,6?,7-;4-,5+,6?,7+;3-,4+,5?,6-;3-,4+,5?,6+;2-,3+,4?,5-;;;;;;;;;;;;/m1010101............/s1. The van der Waals surface area contributed by atoms with E-state index >= 15 is 4.39 Å². The first kappa shape index (κ1) is 131. The van der Waals surface area contributed by atoms with Crippen molar-refractivity contribution in [2.24, 2.45) is 17.8 Å². The van der Waals surface area contributed by atoms with E-state index in [2.05, 4.69) is 28.9 Å². The maximum Gasteiger partial charge on any atom is 0.351 e. The number of alkyl halides is 4. The first-order valence-electron chi connectivity index (χ1n) is 32.4. The minimum absolute atomic E-state index is 0. The van der Waals surface area contributed by atoms with E-state index in [9.17, 15) is 33.0 Å². The number of benzene rings is 1. The number of halogens is 6. The molecule has 0 aliphatic carbocycles. The van der Waals surface area contributed by atoms with Crippen LogP contribution in [-0.2, 0) is 129 Å². The van der Waals surface area contributed by atoms with Crippen LogP contribution in [0.25, 0.3) is 0 Å². The number of ether oxygens (including phenoxy) is 7. The Bertz CT molecular complexity index is 2410. The Morgan fingerprint density at radius 1 is 0.528 bits per heavy atom. The molecule has 2 aromatic rings. The molecule has 1 aromatic heterocycles. The molecule has 12 radical (unpaired) electrons. The third kappa shape index (κ3) is 41.0. The Kier molecular flexibility index (Phi) is 84.8. The number of hydrogen-bond donors (Lipinski definition) is 7. The number of aliphatic hydroxyl groups excluding tert-OH is 6. The van der Waals surface area contributed by atoms with E-state index in [0.29, 0.717) is 55.4 Å². The first-order valence-corrected chi connectivity index (χ1v) is 41.7. The summed E-state index contributed by atoms with van der Waals surface area (Å²) in [6, 6.07) is 6.23. The molecule has 108 heavy (non-hydrogen) atoms. The van der Waals surface area contributed by atoms with Crippen molar-refractivity contribution in [3.05, 3.63) is 95.8 Å². The van der Waals surface area contributed by atoms with E-state index in [1.807, 2.05) is 61.0 Å². The number of aliphatic hydroxyl groups is 6. The van der Waals surface area contributed by atoms with Gasteiger partial charge in [-0.3, -0.25) is 9.36 Å². The van der Waals surface area contributed by atoms with Crippen molar-refractivity contribution in [3.8, 4) is 0 Å². The molecule has 1 aromatic carbocycles. The maximum absolute atomic E-state index is 15.5. The van der Waals surface area contributed by atoms with Crippen molar-refractivity contribution >= 4 is 124 Å². The van der Waals surface area contributed by atoms with Crippen molar-refractivity contribution in [2.75, 3.05) is 51.9 Å². The molecular formula is C65H117B6Cl2F4N3Ni5O18P5-5. The van der Waals surface area contributed by atoms with Gasteiger partial charge in [-0.15, -0.1) is 22.5 Å². The van der Waals surface area contributed by atoms with Crippen LogP contribution in [0.1, 0.15) is 111 Å². The zero-order valence-corrected chi connectivity index (χ0v) is 76.3. The predicted octanol–water partition coefficient (Wildman–Crippen LogP) is 8.76. The Labute approximate surface area is 721 Å². The summed E-state index contributed by atoms with van der Waals surface area (Å²) < 4.78 is 108. The van der Waals surface area contributed by atoms with E-state index in [-0.39, 0.29) is 204 Å². The molecule has 43 heteroatoms. The fourth-order valence-electron chi connectivity index (χ4n) is 10.8. The number of aromatic nitrogens is 2. The molecular weight excluding hydrogens is 1770 g/mol. The summed E-state index contributed by atoms with van der Waals surface area (Å²) in [5, 5.41) is 56.0. The number of amides is 1. The van der Waals surface area contributed by atoms with Crippen molar-refractivity contribution in [1.29, 1.82) is 0 Å². The van der Waals surface area contributed by atoms with Gasteiger partial charge in [0.1, 0.15) is 83.4 Å². The summed E-state index contributed by atoms with van der Waals surface area (Å²) in [5.41, 5.74) is -2.17. The van der Waals surface area contributed by atoms with Crippen LogP contribution < -0.4 is 11.0 Å². The van der Waals surface area contributed by atoms with Crippen LogP contribution in [0.4, 0.5) is 23.4 Å². The normalized spacial score (nSPS) is 34.9. The second kappa shape index (κ2) is 70.0. The van der Waals surface area contributed by atoms with Crippen LogP contribution >= 0.6 is 64.8 Å². The molecule has 9 rings (SSSR count). The van der Waals surface area contributed by atoms with Crippen molar-refractivity contribution in [1.82, 2.24) is 9.55 Å². The zero-order chi connectivity index (χ0) is 74.9. The molecule has 8 heterocycles. The predicted molar refractivity (Wildman–Crippen MR) is 424 cm³/mol. The van der Waals surface area contributed by atoms with E-state index in [1.165, 1.54) is 19.2 Å². The molecule has 0 saturated carbocycles. The summed E-state index contributed by atoms with van der Waals surface area (Å²) in [7, 11) is 34.4. The van der Waals surface area contributed by atoms with Gasteiger partial charge in [-0.25, -0.2) is 22.4 Å². The monoisotopic (exact) mass is 1880 g/mol. The van der Waals surface area contributed by atoms with Crippen molar-refractivity contribution in [2.45, 2.75) is 246 Å². The van der Waals surface area contributed by atoms with Gasteiger partial charge >= 0.3 is 5.69 Å². The SMILES string of the molecule is CC[C@H]1O[C@@H](n2ccc(NC(=O)c3ccccc3)nc2=O)C(C)(F)[C@H]1OPC.CPCl.CPCl.[B][C@@H]1O[C@H](CC)[C@H](C)C1O.[B][C@@H]1O[C@H](CC)[C@H](C)C1OPC.[B][C@@H]1O[C@H](CC)[C@H](F)C1O.[B][C@@H]1O[C@H](CC)[C@H](F)C1OPC.[B][C@@H]1O[C@H](CO)[C@H](C)C1O.[B][C@@H]1O[C@H](CO)[C@H](F)C1O.[CH3-].[CH3-].[CH3-].[CH3-].[CH3-].[Ni].[Ni].[Ni].[Ni].[Ni]. The number of carbonyl (C=O) groups is 1. The average Bonchev–Trinajstić information content (AvgIpc) is 1.60. The molecule has 0 spiro atoms. The number of anilines is 1. The van der Waals surface area contributed by atoms with Crippen LogP contribution in [0.15, 0.2) is 47.4 Å². The minimum atomic E-state index is -1.90. The summed E-state index contributed by atoms with van der Waals surface area (Å²) in [6.07, 6.45) is -7.10. The Morgan fingerprint density at radius 3 is 1.18 bits per heavy atom. The average molecular weight is 1890 g/mol. The first-order chi connectivity index (χ1) is 46.3. The molecule has 7 N–H and O–H groups in total. The van der Waals surface area contributed by atoms with Gasteiger partial charge in [-0.2, -0.15) is 4.98 Å². The molecule has 7 saturated heterocycles. The third-order valence-electron chi connectivity index (χ3n) is 16.5. The fourth-order valence-corrected chi connectivity index (χ4v) is 12.6. The van der Waals surface area contributed by atoms with Gasteiger partial charge in [-0.05, 0) is 106 Å². The smallest absolute Gasteiger partial charge is 0.351 e. The largest absolute Gasteiger partial charge is 0.394 e.